The smallest absolute Gasteiger partial charge is 0.264 e. The topological polar surface area (TPSA) is 96.0 Å². The Morgan fingerprint density at radius 2 is 1.57 bits per heavy atom. The van der Waals surface area contributed by atoms with E-state index in [4.69, 9.17) is 4.74 Å². The quantitative estimate of drug-likeness (QED) is 0.344. The molecule has 2 atom stereocenters. The predicted molar refractivity (Wildman–Crippen MR) is 161 cm³/mol. The monoisotopic (exact) mass is 581 g/mol. The van der Waals surface area contributed by atoms with Crippen LogP contribution in [0.3, 0.4) is 0 Å². The Hall–Kier alpha value is -4.63. The van der Waals surface area contributed by atoms with Crippen LogP contribution in [0.15, 0.2) is 108 Å². The molecule has 2 amide bonds. The van der Waals surface area contributed by atoms with Gasteiger partial charge in [-0.1, -0.05) is 60.7 Å². The lowest BCUT2D eigenvalue weighted by Crippen LogP contribution is -2.51. The number of rotatable bonds is 7. The van der Waals surface area contributed by atoms with Crippen molar-refractivity contribution in [3.63, 3.8) is 0 Å². The minimum absolute atomic E-state index is 0.0506. The molecule has 6 rings (SSSR count). The van der Waals surface area contributed by atoms with Gasteiger partial charge in [0, 0.05) is 18.2 Å². The molecular weight excluding hydrogens is 550 g/mol. The largest absolute Gasteiger partial charge is 0.477 e. The minimum Gasteiger partial charge on any atom is -0.477 e. The summed E-state index contributed by atoms with van der Waals surface area (Å²) >= 11 is 0. The number of para-hydroxylation sites is 2. The van der Waals surface area contributed by atoms with Gasteiger partial charge in [-0.3, -0.25) is 13.9 Å². The van der Waals surface area contributed by atoms with Crippen molar-refractivity contribution in [2.24, 2.45) is 0 Å². The molecular formula is C33H31N3O5S. The second-order valence-electron chi connectivity index (χ2n) is 10.5. The number of carbonyl (C=O) groups is 2. The van der Waals surface area contributed by atoms with Crippen molar-refractivity contribution in [2.45, 2.75) is 36.8 Å². The molecule has 0 spiro atoms. The normalized spacial score (nSPS) is 17.6. The number of ether oxygens (including phenoxy) is 1. The molecule has 0 aliphatic carbocycles. The van der Waals surface area contributed by atoms with Crippen molar-refractivity contribution in [1.29, 1.82) is 0 Å². The first-order chi connectivity index (χ1) is 20.3. The maximum atomic E-state index is 13.9. The van der Waals surface area contributed by atoms with Crippen LogP contribution >= 0.6 is 0 Å². The number of hydrogen-bond acceptors (Lipinski definition) is 5. The van der Waals surface area contributed by atoms with Crippen LogP contribution in [0.4, 0.5) is 11.4 Å². The highest BCUT2D eigenvalue weighted by molar-refractivity contribution is 7.92. The molecule has 0 fully saturated rings. The summed E-state index contributed by atoms with van der Waals surface area (Å²) in [6.07, 6.45) is 0.290. The summed E-state index contributed by atoms with van der Waals surface area (Å²) < 4.78 is 34.4. The SMILES string of the molecule is C[C@@H]1Cc2cc(C(=O)N3C[C@H](C(=O)NCCc4ccccc4)Oc4ccccc43)ccc2N1S(=O)(=O)c1ccccc1. The third-order valence-electron chi connectivity index (χ3n) is 7.65. The molecule has 0 saturated carbocycles. The average molecular weight is 582 g/mol. The first-order valence-electron chi connectivity index (χ1n) is 13.9. The van der Waals surface area contributed by atoms with E-state index < -0.39 is 16.1 Å². The van der Waals surface area contributed by atoms with Gasteiger partial charge in [-0.05, 0) is 73.4 Å². The summed E-state index contributed by atoms with van der Waals surface area (Å²) in [6.45, 7) is 2.36. The molecule has 0 bridgehead atoms. The minimum atomic E-state index is -3.76. The number of benzene rings is 4. The zero-order valence-electron chi connectivity index (χ0n) is 23.1. The van der Waals surface area contributed by atoms with E-state index in [0.717, 1.165) is 11.1 Å². The van der Waals surface area contributed by atoms with Crippen LogP contribution in [0.2, 0.25) is 0 Å². The Morgan fingerprint density at radius 3 is 2.33 bits per heavy atom. The first-order valence-corrected chi connectivity index (χ1v) is 15.4. The summed E-state index contributed by atoms with van der Waals surface area (Å²) in [7, 11) is -3.76. The third-order valence-corrected chi connectivity index (χ3v) is 9.59. The van der Waals surface area contributed by atoms with Crippen LogP contribution in [-0.4, -0.2) is 45.5 Å². The van der Waals surface area contributed by atoms with E-state index in [2.05, 4.69) is 5.32 Å². The van der Waals surface area contributed by atoms with Gasteiger partial charge in [0.1, 0.15) is 5.75 Å². The highest BCUT2D eigenvalue weighted by Gasteiger charge is 2.38. The summed E-state index contributed by atoms with van der Waals surface area (Å²) in [6, 6.07) is 30.2. The molecule has 4 aromatic carbocycles. The highest BCUT2D eigenvalue weighted by Crippen LogP contribution is 2.39. The molecule has 1 N–H and O–H groups in total. The number of nitrogens with one attached hydrogen (secondary N) is 1. The summed E-state index contributed by atoms with van der Waals surface area (Å²) in [4.78, 5) is 28.8. The maximum Gasteiger partial charge on any atom is 0.264 e. The Morgan fingerprint density at radius 1 is 0.881 bits per heavy atom. The lowest BCUT2D eigenvalue weighted by atomic mass is 10.0. The van der Waals surface area contributed by atoms with Crippen molar-refractivity contribution < 1.29 is 22.7 Å². The van der Waals surface area contributed by atoms with Crippen LogP contribution in [0.1, 0.15) is 28.4 Å². The van der Waals surface area contributed by atoms with Gasteiger partial charge in [0.15, 0.2) is 6.10 Å². The van der Waals surface area contributed by atoms with Crippen LogP contribution < -0.4 is 19.3 Å². The third kappa shape index (κ3) is 5.23. The van der Waals surface area contributed by atoms with Crippen molar-refractivity contribution in [1.82, 2.24) is 5.32 Å². The fourth-order valence-electron chi connectivity index (χ4n) is 5.62. The standard InChI is InChI=1S/C33H31N3O5S/c1-23-20-26-21-25(16-17-28(26)36(23)42(39,40)27-12-6-3-7-13-27)33(38)35-22-31(41-30-15-9-8-14-29(30)35)32(37)34-19-18-24-10-4-2-5-11-24/h2-17,21,23,31H,18-20,22H2,1H3,(H,34,37)/t23-,31-/m1/s1. The molecule has 2 heterocycles. The van der Waals surface area contributed by atoms with Crippen molar-refractivity contribution >= 4 is 33.2 Å². The summed E-state index contributed by atoms with van der Waals surface area (Å²) in [5.74, 6) is -0.120. The van der Waals surface area contributed by atoms with E-state index in [1.54, 1.807) is 71.6 Å². The van der Waals surface area contributed by atoms with E-state index in [1.165, 1.54) is 4.31 Å². The van der Waals surface area contributed by atoms with Crippen molar-refractivity contribution in [2.75, 3.05) is 22.3 Å². The summed E-state index contributed by atoms with van der Waals surface area (Å²) in [5, 5.41) is 2.94. The Labute approximate surface area is 245 Å². The molecule has 0 unspecified atom stereocenters. The summed E-state index contributed by atoms with van der Waals surface area (Å²) in [5.41, 5.74) is 3.47. The predicted octanol–water partition coefficient (Wildman–Crippen LogP) is 4.59. The lowest BCUT2D eigenvalue weighted by Gasteiger charge is -2.34. The van der Waals surface area contributed by atoms with Crippen molar-refractivity contribution in [3.8, 4) is 5.75 Å². The van der Waals surface area contributed by atoms with Crippen molar-refractivity contribution in [3.05, 3.63) is 120 Å². The highest BCUT2D eigenvalue weighted by atomic mass is 32.2. The zero-order chi connectivity index (χ0) is 29.3. The Kier molecular flexibility index (Phi) is 7.43. The van der Waals surface area contributed by atoms with E-state index in [9.17, 15) is 18.0 Å². The molecule has 214 valence electrons. The molecule has 0 aromatic heterocycles. The first kappa shape index (κ1) is 27.5. The van der Waals surface area contributed by atoms with Crippen LogP contribution in [-0.2, 0) is 27.7 Å². The van der Waals surface area contributed by atoms with Gasteiger partial charge >= 0.3 is 0 Å². The zero-order valence-corrected chi connectivity index (χ0v) is 24.0. The number of nitrogens with zero attached hydrogens (tertiary/aromatic N) is 2. The number of hydrogen-bond donors (Lipinski definition) is 1. The molecule has 8 nitrogen and oxygen atoms in total. The number of amides is 2. The molecule has 2 aliphatic rings. The van der Waals surface area contributed by atoms with E-state index in [1.807, 2.05) is 43.3 Å². The van der Waals surface area contributed by atoms with Gasteiger partial charge in [0.2, 0.25) is 0 Å². The molecule has 0 radical (unpaired) electrons. The number of sulfonamides is 1. The molecule has 0 saturated heterocycles. The molecule has 42 heavy (non-hydrogen) atoms. The van der Waals surface area contributed by atoms with E-state index in [-0.39, 0.29) is 29.3 Å². The molecule has 9 heteroatoms. The van der Waals surface area contributed by atoms with Gasteiger partial charge in [0.25, 0.3) is 21.8 Å². The Bertz CT molecular complexity index is 1730. The lowest BCUT2D eigenvalue weighted by molar-refractivity contribution is -0.127. The second-order valence-corrected chi connectivity index (χ2v) is 12.3. The van der Waals surface area contributed by atoms with E-state index in [0.29, 0.717) is 42.1 Å². The second kappa shape index (κ2) is 11.3. The maximum absolute atomic E-state index is 13.9. The van der Waals surface area contributed by atoms with Crippen LogP contribution in [0.5, 0.6) is 5.75 Å². The molecule has 2 aliphatic heterocycles. The molecule has 4 aromatic rings. The van der Waals surface area contributed by atoms with Gasteiger partial charge in [-0.2, -0.15) is 0 Å². The van der Waals surface area contributed by atoms with E-state index >= 15 is 0 Å². The van der Waals surface area contributed by atoms with Crippen LogP contribution in [0, 0.1) is 0 Å². The average Bonchev–Trinajstić information content (AvgIpc) is 3.36. The number of anilines is 2. The van der Waals surface area contributed by atoms with Crippen LogP contribution in [0.25, 0.3) is 0 Å². The Balaban J connectivity index is 1.22. The fraction of sp³-hybridized carbons (Fsp3) is 0.212. The van der Waals surface area contributed by atoms with Gasteiger partial charge in [-0.25, -0.2) is 8.42 Å². The fourth-order valence-corrected chi connectivity index (χ4v) is 7.33. The van der Waals surface area contributed by atoms with Gasteiger partial charge < -0.3 is 15.0 Å². The number of fused-ring (bicyclic) bond motifs is 2. The number of carbonyl (C=O) groups excluding carboxylic acids is 2. The van der Waals surface area contributed by atoms with Gasteiger partial charge in [0.05, 0.1) is 22.8 Å². The van der Waals surface area contributed by atoms with Gasteiger partial charge in [-0.15, -0.1) is 0 Å².